The van der Waals surface area contributed by atoms with Gasteiger partial charge >= 0.3 is 0 Å². The number of fused-ring (bicyclic) bond motifs is 1. The molecule has 3 heteroatoms. The van der Waals surface area contributed by atoms with Crippen molar-refractivity contribution >= 4 is 10.8 Å². The Morgan fingerprint density at radius 1 is 1.42 bits per heavy atom. The van der Waals surface area contributed by atoms with Gasteiger partial charge in [-0.2, -0.15) is 0 Å². The van der Waals surface area contributed by atoms with Gasteiger partial charge in [-0.25, -0.2) is 4.39 Å². The van der Waals surface area contributed by atoms with Crippen LogP contribution in [0, 0.1) is 5.82 Å². The van der Waals surface area contributed by atoms with E-state index < -0.39 is 0 Å². The topological polar surface area (TPSA) is 36.0 Å². The number of hydrogen-bond acceptors (Lipinski definition) is 1. The Hall–Kier alpha value is -1.35. The van der Waals surface area contributed by atoms with Crippen LogP contribution in [0.4, 0.5) is 4.39 Å². The molecular weight excluding hydrogens is 157 g/mol. The molecule has 0 radical (unpaired) electrons. The van der Waals surface area contributed by atoms with E-state index in [0.29, 0.717) is 0 Å². The monoisotopic (exact) mass is 165 g/mol. The number of aromatic amines is 1. The average Bonchev–Trinajstić information content (AvgIpc) is 2.46. The molecule has 0 amide bonds. The molecule has 0 saturated carbocycles. The van der Waals surface area contributed by atoms with Crippen molar-refractivity contribution in [2.45, 2.75) is 6.61 Å². The minimum Gasteiger partial charge on any atom is -0.390 e. The van der Waals surface area contributed by atoms with Crippen molar-refractivity contribution < 1.29 is 9.50 Å². The largest absolute Gasteiger partial charge is 0.390 e. The molecule has 0 atom stereocenters. The Labute approximate surface area is 68.6 Å². The molecule has 0 fully saturated rings. The van der Waals surface area contributed by atoms with Gasteiger partial charge < -0.3 is 10.1 Å². The van der Waals surface area contributed by atoms with Crippen molar-refractivity contribution in [1.82, 2.24) is 4.98 Å². The molecular formula is C9H8FNO. The number of aliphatic hydroxyl groups excluding tert-OH is 1. The third-order valence-corrected chi connectivity index (χ3v) is 1.90. The molecule has 0 saturated heterocycles. The quantitative estimate of drug-likeness (QED) is 0.664. The minimum absolute atomic E-state index is 0.0465. The summed E-state index contributed by atoms with van der Waals surface area (Å²) >= 11 is 0. The Morgan fingerprint density at radius 2 is 2.25 bits per heavy atom. The first-order chi connectivity index (χ1) is 5.81. The number of H-pyrrole nitrogens is 1. The summed E-state index contributed by atoms with van der Waals surface area (Å²) in [4.78, 5) is 2.87. The summed E-state index contributed by atoms with van der Waals surface area (Å²) in [6, 6.07) is 4.48. The van der Waals surface area contributed by atoms with Crippen LogP contribution in [0.5, 0.6) is 0 Å². The second-order valence-corrected chi connectivity index (χ2v) is 2.66. The maximum atomic E-state index is 12.7. The first kappa shape index (κ1) is 7.31. The summed E-state index contributed by atoms with van der Waals surface area (Å²) in [7, 11) is 0. The zero-order valence-corrected chi connectivity index (χ0v) is 6.34. The summed E-state index contributed by atoms with van der Waals surface area (Å²) in [6.07, 6.45) is 1.68. The van der Waals surface area contributed by atoms with Crippen LogP contribution in [0.1, 0.15) is 5.69 Å². The number of aliphatic hydroxyl groups is 1. The number of rotatable bonds is 1. The van der Waals surface area contributed by atoms with Crippen LogP contribution < -0.4 is 0 Å². The molecule has 2 rings (SSSR count). The first-order valence-corrected chi connectivity index (χ1v) is 3.67. The number of halogens is 1. The fourth-order valence-corrected chi connectivity index (χ4v) is 1.30. The van der Waals surface area contributed by atoms with Gasteiger partial charge in [-0.1, -0.05) is 0 Å². The molecule has 1 heterocycles. The van der Waals surface area contributed by atoms with E-state index in [9.17, 15) is 4.39 Å². The van der Waals surface area contributed by atoms with Gasteiger partial charge in [0.2, 0.25) is 0 Å². The van der Waals surface area contributed by atoms with E-state index >= 15 is 0 Å². The fraction of sp³-hybridized carbons (Fsp3) is 0.111. The molecule has 12 heavy (non-hydrogen) atoms. The van der Waals surface area contributed by atoms with Gasteiger partial charge in [0, 0.05) is 22.7 Å². The molecule has 0 aliphatic rings. The maximum Gasteiger partial charge on any atom is 0.123 e. The summed E-state index contributed by atoms with van der Waals surface area (Å²) in [5.41, 5.74) is 0.727. The van der Waals surface area contributed by atoms with E-state index in [0.717, 1.165) is 16.5 Å². The molecule has 1 aromatic heterocycles. The highest BCUT2D eigenvalue weighted by Gasteiger charge is 2.02. The smallest absolute Gasteiger partial charge is 0.123 e. The van der Waals surface area contributed by atoms with Crippen molar-refractivity contribution in [3.05, 3.63) is 35.9 Å². The molecule has 0 bridgehead atoms. The third kappa shape index (κ3) is 0.987. The van der Waals surface area contributed by atoms with Crippen molar-refractivity contribution in [2.24, 2.45) is 0 Å². The Balaban J connectivity index is 2.73. The zero-order chi connectivity index (χ0) is 8.55. The summed E-state index contributed by atoms with van der Waals surface area (Å²) in [5.74, 6) is -0.258. The molecule has 2 aromatic rings. The van der Waals surface area contributed by atoms with Gasteiger partial charge in [-0.05, 0) is 18.2 Å². The van der Waals surface area contributed by atoms with Crippen LogP contribution >= 0.6 is 0 Å². The van der Waals surface area contributed by atoms with Gasteiger partial charge in [0.25, 0.3) is 0 Å². The predicted octanol–water partition coefficient (Wildman–Crippen LogP) is 1.80. The van der Waals surface area contributed by atoms with Gasteiger partial charge in [-0.3, -0.25) is 0 Å². The number of aromatic nitrogens is 1. The Bertz CT molecular complexity index is 408. The SMILES string of the molecule is OCc1[nH]cc2cc(F)ccc12. The lowest BCUT2D eigenvalue weighted by atomic mass is 10.2. The fourth-order valence-electron chi connectivity index (χ4n) is 1.30. The van der Waals surface area contributed by atoms with Crippen LogP contribution in [-0.2, 0) is 6.61 Å². The first-order valence-electron chi connectivity index (χ1n) is 3.67. The van der Waals surface area contributed by atoms with E-state index in [4.69, 9.17) is 5.11 Å². The highest BCUT2D eigenvalue weighted by molar-refractivity contribution is 5.85. The van der Waals surface area contributed by atoms with Gasteiger partial charge in [0.15, 0.2) is 0 Å². The molecule has 0 unspecified atom stereocenters. The van der Waals surface area contributed by atoms with Crippen LogP contribution in [0.15, 0.2) is 24.4 Å². The minimum atomic E-state index is -0.258. The third-order valence-electron chi connectivity index (χ3n) is 1.90. The molecule has 2 N–H and O–H groups in total. The summed E-state index contributed by atoms with van der Waals surface area (Å²) in [6.45, 7) is -0.0465. The van der Waals surface area contributed by atoms with Crippen LogP contribution in [0.3, 0.4) is 0 Å². The van der Waals surface area contributed by atoms with E-state index in [1.807, 2.05) is 0 Å². The Kier molecular flexibility index (Phi) is 1.59. The van der Waals surface area contributed by atoms with Crippen molar-refractivity contribution in [2.75, 3.05) is 0 Å². The van der Waals surface area contributed by atoms with E-state index in [1.54, 1.807) is 12.3 Å². The van der Waals surface area contributed by atoms with Crippen molar-refractivity contribution in [3.63, 3.8) is 0 Å². The van der Waals surface area contributed by atoms with Crippen molar-refractivity contribution in [1.29, 1.82) is 0 Å². The average molecular weight is 165 g/mol. The number of benzene rings is 1. The van der Waals surface area contributed by atoms with Gasteiger partial charge in [0.1, 0.15) is 5.82 Å². The summed E-state index contributed by atoms with van der Waals surface area (Å²) in [5, 5.41) is 10.5. The molecule has 0 aliphatic heterocycles. The molecule has 2 nitrogen and oxygen atoms in total. The van der Waals surface area contributed by atoms with Crippen LogP contribution in [0.25, 0.3) is 10.8 Å². The van der Waals surface area contributed by atoms with E-state index in [1.165, 1.54) is 12.1 Å². The van der Waals surface area contributed by atoms with Crippen molar-refractivity contribution in [3.8, 4) is 0 Å². The number of hydrogen-bond donors (Lipinski definition) is 2. The molecule has 62 valence electrons. The second-order valence-electron chi connectivity index (χ2n) is 2.66. The standard InChI is InChI=1S/C9H8FNO/c10-7-1-2-8-6(3-7)4-11-9(8)5-12/h1-4,11-12H,5H2. The van der Waals surface area contributed by atoms with E-state index in [-0.39, 0.29) is 12.4 Å². The summed E-state index contributed by atoms with van der Waals surface area (Å²) < 4.78 is 12.7. The van der Waals surface area contributed by atoms with Crippen LogP contribution in [-0.4, -0.2) is 10.1 Å². The predicted molar refractivity (Wildman–Crippen MR) is 44.2 cm³/mol. The van der Waals surface area contributed by atoms with Gasteiger partial charge in [0.05, 0.1) is 6.61 Å². The molecule has 0 aliphatic carbocycles. The molecule has 1 aromatic carbocycles. The maximum absolute atomic E-state index is 12.7. The lowest BCUT2D eigenvalue weighted by Crippen LogP contribution is -1.81. The highest BCUT2D eigenvalue weighted by atomic mass is 19.1. The second kappa shape index (κ2) is 2.60. The normalized spacial score (nSPS) is 10.8. The Morgan fingerprint density at radius 3 is 3.00 bits per heavy atom. The van der Waals surface area contributed by atoms with Crippen LogP contribution in [0.2, 0.25) is 0 Å². The highest BCUT2D eigenvalue weighted by Crippen LogP contribution is 2.18. The zero-order valence-electron chi connectivity index (χ0n) is 6.34. The molecule has 0 spiro atoms. The number of nitrogens with one attached hydrogen (secondary N) is 1. The lowest BCUT2D eigenvalue weighted by Gasteiger charge is -1.92. The van der Waals surface area contributed by atoms with E-state index in [2.05, 4.69) is 4.98 Å². The lowest BCUT2D eigenvalue weighted by molar-refractivity contribution is 0.279. The van der Waals surface area contributed by atoms with Gasteiger partial charge in [-0.15, -0.1) is 0 Å².